The van der Waals surface area contributed by atoms with Gasteiger partial charge in [-0.3, -0.25) is 9.59 Å². The van der Waals surface area contributed by atoms with Crippen LogP contribution < -0.4 is 5.32 Å². The Kier molecular flexibility index (Phi) is 3.79. The maximum atomic E-state index is 11.7. The molecule has 1 aromatic carbocycles. The summed E-state index contributed by atoms with van der Waals surface area (Å²) in [6.07, 6.45) is 1.61. The molecule has 1 aliphatic heterocycles. The number of alkyl halides is 1. The molecule has 0 saturated heterocycles. The third-order valence-corrected chi connectivity index (χ3v) is 3.14. The van der Waals surface area contributed by atoms with E-state index in [0.717, 1.165) is 17.5 Å². The first-order valence-electron chi connectivity index (χ1n) is 5.68. The maximum Gasteiger partial charge on any atom is 0.220 e. The van der Waals surface area contributed by atoms with Gasteiger partial charge in [0, 0.05) is 30.8 Å². The summed E-state index contributed by atoms with van der Waals surface area (Å²) in [5.74, 6) is 0.459. The molecule has 1 aromatic rings. The monoisotopic (exact) mass is 251 g/mol. The zero-order chi connectivity index (χ0) is 12.3. The Morgan fingerprint density at radius 1 is 1.29 bits per heavy atom. The first-order valence-corrected chi connectivity index (χ1v) is 6.22. The van der Waals surface area contributed by atoms with Crippen LogP contribution in [0.5, 0.6) is 0 Å². The Bertz CT molecular complexity index is 457. The molecule has 0 aliphatic carbocycles. The molecule has 4 heteroatoms. The second-order valence-corrected chi connectivity index (χ2v) is 4.50. The van der Waals surface area contributed by atoms with Gasteiger partial charge in [0.05, 0.1) is 0 Å². The highest BCUT2D eigenvalue weighted by atomic mass is 35.5. The van der Waals surface area contributed by atoms with Crippen LogP contribution in [0, 0.1) is 0 Å². The molecule has 0 fully saturated rings. The van der Waals surface area contributed by atoms with E-state index in [0.29, 0.717) is 30.8 Å². The van der Waals surface area contributed by atoms with E-state index >= 15 is 0 Å². The Labute approximate surface area is 105 Å². The number of nitrogens with one attached hydrogen (secondary N) is 1. The molecule has 0 aromatic heterocycles. The molecule has 1 aliphatic rings. The highest BCUT2D eigenvalue weighted by molar-refractivity contribution is 6.19. The summed E-state index contributed by atoms with van der Waals surface area (Å²) in [5.41, 5.74) is 2.86. The fourth-order valence-electron chi connectivity index (χ4n) is 1.97. The number of ketones is 1. The lowest BCUT2D eigenvalue weighted by Crippen LogP contribution is -2.20. The van der Waals surface area contributed by atoms with Crippen LogP contribution in [0.4, 0.5) is 0 Å². The number of amides is 1. The molecule has 1 N–H and O–H groups in total. The molecule has 1 amide bonds. The predicted octanol–water partition coefficient (Wildman–Crippen LogP) is 2.06. The number of rotatable bonds is 3. The Morgan fingerprint density at radius 2 is 2.12 bits per heavy atom. The van der Waals surface area contributed by atoms with Crippen LogP contribution in [0.2, 0.25) is 0 Å². The van der Waals surface area contributed by atoms with Crippen molar-refractivity contribution in [3.8, 4) is 0 Å². The molecule has 0 spiro atoms. The molecule has 1 heterocycles. The van der Waals surface area contributed by atoms with Crippen molar-refractivity contribution in [3.63, 3.8) is 0 Å². The van der Waals surface area contributed by atoms with Crippen molar-refractivity contribution in [2.75, 3.05) is 5.88 Å². The topological polar surface area (TPSA) is 46.2 Å². The summed E-state index contributed by atoms with van der Waals surface area (Å²) in [5, 5.41) is 2.82. The van der Waals surface area contributed by atoms with E-state index in [-0.39, 0.29) is 11.7 Å². The van der Waals surface area contributed by atoms with Crippen molar-refractivity contribution in [2.45, 2.75) is 25.8 Å². The predicted molar refractivity (Wildman–Crippen MR) is 66.3 cm³/mol. The molecular formula is C13H14ClNO2. The van der Waals surface area contributed by atoms with E-state index in [1.807, 2.05) is 18.2 Å². The van der Waals surface area contributed by atoms with Crippen molar-refractivity contribution in [3.05, 3.63) is 34.9 Å². The summed E-state index contributed by atoms with van der Waals surface area (Å²) < 4.78 is 0. The normalized spacial score (nSPS) is 14.8. The maximum absolute atomic E-state index is 11.7. The second kappa shape index (κ2) is 5.32. The minimum absolute atomic E-state index is 0.0540. The molecule has 3 nitrogen and oxygen atoms in total. The lowest BCUT2D eigenvalue weighted by molar-refractivity contribution is -0.121. The van der Waals surface area contributed by atoms with Gasteiger partial charge in [-0.25, -0.2) is 0 Å². The lowest BCUT2D eigenvalue weighted by Gasteiger charge is -2.07. The SMILES string of the molecule is O=C1CCc2ccc(C(=O)CCCl)cc2CN1. The zero-order valence-electron chi connectivity index (χ0n) is 9.46. The molecule has 17 heavy (non-hydrogen) atoms. The Hall–Kier alpha value is -1.35. The van der Waals surface area contributed by atoms with E-state index in [2.05, 4.69) is 5.32 Å². The smallest absolute Gasteiger partial charge is 0.220 e. The summed E-state index contributed by atoms with van der Waals surface area (Å²) in [7, 11) is 0. The van der Waals surface area contributed by atoms with Gasteiger partial charge in [-0.05, 0) is 23.6 Å². The number of carbonyl (C=O) groups is 2. The van der Waals surface area contributed by atoms with Crippen LogP contribution in [0.1, 0.15) is 34.3 Å². The standard InChI is InChI=1S/C13H14ClNO2/c14-6-5-12(16)10-2-1-9-3-4-13(17)15-8-11(9)7-10/h1-2,7H,3-6,8H2,(H,15,17). The summed E-state index contributed by atoms with van der Waals surface area (Å²) >= 11 is 5.56. The number of benzene rings is 1. The number of hydrogen-bond acceptors (Lipinski definition) is 2. The zero-order valence-corrected chi connectivity index (χ0v) is 10.2. The number of Topliss-reactive ketones (excluding diaryl/α,β-unsaturated/α-hetero) is 1. The fourth-order valence-corrected chi connectivity index (χ4v) is 2.14. The van der Waals surface area contributed by atoms with Crippen molar-refractivity contribution in [2.24, 2.45) is 0 Å². The molecule has 0 saturated carbocycles. The van der Waals surface area contributed by atoms with Crippen LogP contribution in [0.3, 0.4) is 0 Å². The Balaban J connectivity index is 2.24. The minimum atomic E-state index is 0.0540. The number of hydrogen-bond donors (Lipinski definition) is 1. The summed E-state index contributed by atoms with van der Waals surface area (Å²) in [4.78, 5) is 23.0. The van der Waals surface area contributed by atoms with Crippen LogP contribution in [-0.4, -0.2) is 17.6 Å². The molecule has 2 rings (SSSR count). The number of halogens is 1. The quantitative estimate of drug-likeness (QED) is 0.660. The van der Waals surface area contributed by atoms with Crippen LogP contribution >= 0.6 is 11.6 Å². The summed E-state index contributed by atoms with van der Waals surface area (Å²) in [6, 6.07) is 5.64. The van der Waals surface area contributed by atoms with E-state index in [9.17, 15) is 9.59 Å². The number of aryl methyl sites for hydroxylation is 1. The highest BCUT2D eigenvalue weighted by Gasteiger charge is 2.14. The van der Waals surface area contributed by atoms with E-state index in [1.165, 1.54) is 0 Å². The number of fused-ring (bicyclic) bond motifs is 1. The van der Waals surface area contributed by atoms with Gasteiger partial charge in [0.1, 0.15) is 0 Å². The third kappa shape index (κ3) is 2.86. The van der Waals surface area contributed by atoms with Crippen molar-refractivity contribution in [1.29, 1.82) is 0 Å². The van der Waals surface area contributed by atoms with E-state index in [4.69, 9.17) is 11.6 Å². The average molecular weight is 252 g/mol. The molecule has 0 unspecified atom stereocenters. The van der Waals surface area contributed by atoms with Crippen LogP contribution in [-0.2, 0) is 17.8 Å². The lowest BCUT2D eigenvalue weighted by atomic mass is 9.99. The summed E-state index contributed by atoms with van der Waals surface area (Å²) in [6.45, 7) is 0.510. The fraction of sp³-hybridized carbons (Fsp3) is 0.385. The van der Waals surface area contributed by atoms with Gasteiger partial charge in [-0.1, -0.05) is 12.1 Å². The first kappa shape index (κ1) is 12.1. The van der Waals surface area contributed by atoms with Gasteiger partial charge < -0.3 is 5.32 Å². The van der Waals surface area contributed by atoms with Crippen LogP contribution in [0.15, 0.2) is 18.2 Å². The Morgan fingerprint density at radius 3 is 2.88 bits per heavy atom. The largest absolute Gasteiger partial charge is 0.352 e. The minimum Gasteiger partial charge on any atom is -0.352 e. The van der Waals surface area contributed by atoms with Gasteiger partial charge in [0.15, 0.2) is 5.78 Å². The van der Waals surface area contributed by atoms with Gasteiger partial charge in [0.25, 0.3) is 0 Å². The molecular weight excluding hydrogens is 238 g/mol. The van der Waals surface area contributed by atoms with Crippen molar-refractivity contribution >= 4 is 23.3 Å². The van der Waals surface area contributed by atoms with Crippen molar-refractivity contribution < 1.29 is 9.59 Å². The van der Waals surface area contributed by atoms with Gasteiger partial charge in [-0.15, -0.1) is 11.6 Å². The molecule has 0 bridgehead atoms. The average Bonchev–Trinajstić information content (AvgIpc) is 2.52. The number of carbonyl (C=O) groups excluding carboxylic acids is 2. The van der Waals surface area contributed by atoms with Gasteiger partial charge in [0.2, 0.25) is 5.91 Å². The van der Waals surface area contributed by atoms with Gasteiger partial charge in [-0.2, -0.15) is 0 Å². The molecule has 0 atom stereocenters. The molecule has 0 radical (unpaired) electrons. The van der Waals surface area contributed by atoms with E-state index in [1.54, 1.807) is 0 Å². The molecule has 90 valence electrons. The first-order chi connectivity index (χ1) is 8.20. The van der Waals surface area contributed by atoms with Crippen molar-refractivity contribution in [1.82, 2.24) is 5.32 Å². The van der Waals surface area contributed by atoms with Gasteiger partial charge >= 0.3 is 0 Å². The highest BCUT2D eigenvalue weighted by Crippen LogP contribution is 2.17. The second-order valence-electron chi connectivity index (χ2n) is 4.12. The van der Waals surface area contributed by atoms with E-state index < -0.39 is 0 Å². The third-order valence-electron chi connectivity index (χ3n) is 2.95. The van der Waals surface area contributed by atoms with Crippen LogP contribution in [0.25, 0.3) is 0 Å².